The molecule has 0 N–H and O–H groups in total. The largest absolute Gasteiger partial charge is 0.497 e. The van der Waals surface area contributed by atoms with Gasteiger partial charge in [-0.15, -0.1) is 6.42 Å². The first-order valence-electron chi connectivity index (χ1n) is 7.54. The number of carbonyl (C=O) groups excluding carboxylic acids is 1. The number of terminal acetylenes is 1. The summed E-state index contributed by atoms with van der Waals surface area (Å²) < 4.78 is 8.06. The third kappa shape index (κ3) is 3.76. The normalized spacial score (nSPS) is 11.5. The molecule has 1 aromatic heterocycles. The van der Waals surface area contributed by atoms with Gasteiger partial charge in [-0.05, 0) is 29.8 Å². The lowest BCUT2D eigenvalue weighted by atomic mass is 10.1. The SMILES string of the molecule is C#CCn1c(=NC(=O)Cc2ccccc2Cl)sc2cc(OC)ccc21. The van der Waals surface area contributed by atoms with E-state index >= 15 is 0 Å². The molecule has 3 rings (SSSR count). The Balaban J connectivity index is 2.02. The van der Waals surface area contributed by atoms with Gasteiger partial charge in [-0.25, -0.2) is 0 Å². The third-order valence-electron chi connectivity index (χ3n) is 3.66. The van der Waals surface area contributed by atoms with Gasteiger partial charge in [0, 0.05) is 5.02 Å². The summed E-state index contributed by atoms with van der Waals surface area (Å²) in [6, 6.07) is 12.9. The molecular weight excluding hydrogens is 356 g/mol. The van der Waals surface area contributed by atoms with Crippen LogP contribution in [0.1, 0.15) is 5.56 Å². The summed E-state index contributed by atoms with van der Waals surface area (Å²) in [5, 5.41) is 0.559. The summed E-state index contributed by atoms with van der Waals surface area (Å²) in [5.74, 6) is 3.09. The van der Waals surface area contributed by atoms with E-state index in [2.05, 4.69) is 10.9 Å². The molecule has 0 fully saturated rings. The van der Waals surface area contributed by atoms with Crippen molar-refractivity contribution in [3.8, 4) is 18.1 Å². The van der Waals surface area contributed by atoms with E-state index in [0.717, 1.165) is 21.5 Å². The number of ether oxygens (including phenoxy) is 1. The molecule has 0 spiro atoms. The van der Waals surface area contributed by atoms with Crippen LogP contribution in [0, 0.1) is 12.3 Å². The first kappa shape index (κ1) is 17.3. The predicted octanol–water partition coefficient (Wildman–Crippen LogP) is 3.67. The minimum absolute atomic E-state index is 0.146. The number of nitrogens with zero attached hydrogens (tertiary/aromatic N) is 2. The molecule has 0 radical (unpaired) electrons. The van der Waals surface area contributed by atoms with Crippen molar-refractivity contribution in [3.05, 3.63) is 57.9 Å². The van der Waals surface area contributed by atoms with Gasteiger partial charge in [0.2, 0.25) is 0 Å². The van der Waals surface area contributed by atoms with Crippen LogP contribution in [-0.4, -0.2) is 17.6 Å². The molecule has 0 atom stereocenters. The van der Waals surface area contributed by atoms with Gasteiger partial charge in [0.15, 0.2) is 4.80 Å². The molecule has 0 aliphatic carbocycles. The molecular formula is C19H15ClN2O2S. The molecule has 25 heavy (non-hydrogen) atoms. The number of thiazole rings is 1. The molecule has 0 saturated carbocycles. The maximum Gasteiger partial charge on any atom is 0.252 e. The zero-order valence-corrected chi connectivity index (χ0v) is 15.1. The number of carbonyl (C=O) groups is 1. The van der Waals surface area contributed by atoms with Crippen LogP contribution in [0.3, 0.4) is 0 Å². The van der Waals surface area contributed by atoms with Crippen LogP contribution in [0.5, 0.6) is 5.75 Å². The summed E-state index contributed by atoms with van der Waals surface area (Å²) in [5.41, 5.74) is 1.68. The first-order valence-corrected chi connectivity index (χ1v) is 8.73. The smallest absolute Gasteiger partial charge is 0.252 e. The molecule has 2 aromatic carbocycles. The highest BCUT2D eigenvalue weighted by Gasteiger charge is 2.10. The van der Waals surface area contributed by atoms with Crippen molar-refractivity contribution in [1.29, 1.82) is 0 Å². The van der Waals surface area contributed by atoms with Gasteiger partial charge in [0.05, 0.1) is 30.3 Å². The summed E-state index contributed by atoms with van der Waals surface area (Å²) in [6.45, 7) is 0.338. The Kier molecular flexibility index (Phi) is 5.22. The highest BCUT2D eigenvalue weighted by molar-refractivity contribution is 7.16. The van der Waals surface area contributed by atoms with Crippen LogP contribution in [0.2, 0.25) is 5.02 Å². The van der Waals surface area contributed by atoms with Crippen molar-refractivity contribution >= 4 is 39.1 Å². The van der Waals surface area contributed by atoms with Crippen LogP contribution in [-0.2, 0) is 17.8 Å². The van der Waals surface area contributed by atoms with E-state index in [-0.39, 0.29) is 12.3 Å². The number of halogens is 1. The number of benzene rings is 2. The number of methoxy groups -OCH3 is 1. The van der Waals surface area contributed by atoms with Crippen molar-refractivity contribution in [3.63, 3.8) is 0 Å². The predicted molar refractivity (Wildman–Crippen MR) is 101 cm³/mol. The molecule has 0 aliphatic heterocycles. The van der Waals surface area contributed by atoms with Gasteiger partial charge < -0.3 is 9.30 Å². The Morgan fingerprint density at radius 1 is 1.36 bits per heavy atom. The maximum absolute atomic E-state index is 12.4. The lowest BCUT2D eigenvalue weighted by Crippen LogP contribution is -2.17. The van der Waals surface area contributed by atoms with Gasteiger partial charge in [-0.3, -0.25) is 4.79 Å². The summed E-state index contributed by atoms with van der Waals surface area (Å²) >= 11 is 7.52. The average molecular weight is 371 g/mol. The number of hydrogen-bond acceptors (Lipinski definition) is 3. The van der Waals surface area contributed by atoms with Crippen molar-refractivity contribution in [2.24, 2.45) is 4.99 Å². The minimum Gasteiger partial charge on any atom is -0.497 e. The average Bonchev–Trinajstić information content (AvgIpc) is 2.93. The topological polar surface area (TPSA) is 43.6 Å². The molecule has 0 bridgehead atoms. The van der Waals surface area contributed by atoms with E-state index in [4.69, 9.17) is 22.8 Å². The van der Waals surface area contributed by atoms with Crippen molar-refractivity contribution in [2.45, 2.75) is 13.0 Å². The zero-order chi connectivity index (χ0) is 17.8. The maximum atomic E-state index is 12.4. The molecule has 1 amide bonds. The number of amides is 1. The minimum atomic E-state index is -0.266. The second-order valence-corrected chi connectivity index (χ2v) is 6.70. The molecule has 6 heteroatoms. The summed E-state index contributed by atoms with van der Waals surface area (Å²) in [7, 11) is 1.61. The lowest BCUT2D eigenvalue weighted by Gasteiger charge is -2.02. The second kappa shape index (κ2) is 7.56. The Hall–Kier alpha value is -2.55. The van der Waals surface area contributed by atoms with Gasteiger partial charge in [0.25, 0.3) is 5.91 Å². The molecule has 126 valence electrons. The number of fused-ring (bicyclic) bond motifs is 1. The Morgan fingerprint density at radius 3 is 2.88 bits per heavy atom. The van der Waals surface area contributed by atoms with E-state index < -0.39 is 0 Å². The van der Waals surface area contributed by atoms with Crippen LogP contribution < -0.4 is 9.54 Å². The number of rotatable bonds is 4. The quantitative estimate of drug-likeness (QED) is 0.658. The van der Waals surface area contributed by atoms with Crippen LogP contribution in [0.15, 0.2) is 47.5 Å². The molecule has 0 unspecified atom stereocenters. The lowest BCUT2D eigenvalue weighted by molar-refractivity contribution is -0.117. The fourth-order valence-corrected chi connectivity index (χ4v) is 3.74. The third-order valence-corrected chi connectivity index (χ3v) is 5.07. The van der Waals surface area contributed by atoms with Crippen molar-refractivity contribution in [1.82, 2.24) is 4.57 Å². The number of hydrogen-bond donors (Lipinski definition) is 0. The second-order valence-electron chi connectivity index (χ2n) is 5.28. The van der Waals surface area contributed by atoms with Gasteiger partial charge in [-0.2, -0.15) is 4.99 Å². The van der Waals surface area contributed by atoms with Gasteiger partial charge in [0.1, 0.15) is 5.75 Å². The first-order chi connectivity index (χ1) is 12.1. The van der Waals surface area contributed by atoms with Crippen LogP contribution in [0.4, 0.5) is 0 Å². The fraction of sp³-hybridized carbons (Fsp3) is 0.158. The molecule has 3 aromatic rings. The van der Waals surface area contributed by atoms with Crippen molar-refractivity contribution in [2.75, 3.05) is 7.11 Å². The van der Waals surface area contributed by atoms with Gasteiger partial charge in [-0.1, -0.05) is 47.1 Å². The molecule has 1 heterocycles. The standard InChI is InChI=1S/C19H15ClN2O2S/c1-3-10-22-16-9-8-14(24-2)12-17(16)25-19(22)21-18(23)11-13-6-4-5-7-15(13)20/h1,4-9,12H,10-11H2,2H3. The fourth-order valence-electron chi connectivity index (χ4n) is 2.46. The Bertz CT molecular complexity index is 1040. The van der Waals surface area contributed by atoms with E-state index in [1.54, 1.807) is 13.2 Å². The van der Waals surface area contributed by atoms with E-state index in [9.17, 15) is 4.79 Å². The highest BCUT2D eigenvalue weighted by Crippen LogP contribution is 2.23. The van der Waals surface area contributed by atoms with E-state index in [1.165, 1.54) is 11.3 Å². The zero-order valence-electron chi connectivity index (χ0n) is 13.5. The Morgan fingerprint density at radius 2 is 2.16 bits per heavy atom. The monoisotopic (exact) mass is 370 g/mol. The number of aromatic nitrogens is 1. The van der Waals surface area contributed by atoms with Gasteiger partial charge >= 0.3 is 0 Å². The molecule has 0 aliphatic rings. The molecule has 4 nitrogen and oxygen atoms in total. The highest BCUT2D eigenvalue weighted by atomic mass is 35.5. The summed E-state index contributed by atoms with van der Waals surface area (Å²) in [6.07, 6.45) is 5.62. The van der Waals surface area contributed by atoms with Crippen LogP contribution in [0.25, 0.3) is 10.2 Å². The van der Waals surface area contributed by atoms with E-state index in [1.807, 2.05) is 41.0 Å². The Labute approximate surface area is 154 Å². The van der Waals surface area contributed by atoms with E-state index in [0.29, 0.717) is 16.4 Å². The summed E-state index contributed by atoms with van der Waals surface area (Å²) in [4.78, 5) is 17.2. The molecule has 0 saturated heterocycles. The van der Waals surface area contributed by atoms with Crippen molar-refractivity contribution < 1.29 is 9.53 Å². The van der Waals surface area contributed by atoms with Crippen LogP contribution >= 0.6 is 22.9 Å².